The van der Waals surface area contributed by atoms with Gasteiger partial charge in [-0.2, -0.15) is 0 Å². The summed E-state index contributed by atoms with van der Waals surface area (Å²) in [6.45, 7) is 5.66. The van der Waals surface area contributed by atoms with Gasteiger partial charge in [0.2, 0.25) is 0 Å². The standard InChI is InChI=1S/C15H20N2O3/c1-4-13(18)15(2,3)17-11-20-10-16(14(17)19)12-8-6-5-7-9-12/h5-9H,4,10-11H2,1-3H3. The Morgan fingerprint density at radius 3 is 2.50 bits per heavy atom. The number of amides is 2. The minimum atomic E-state index is -0.862. The molecular weight excluding hydrogens is 256 g/mol. The van der Waals surface area contributed by atoms with Crippen LogP contribution in [-0.4, -0.2) is 35.7 Å². The molecular formula is C15H20N2O3. The minimum Gasteiger partial charge on any atom is -0.340 e. The van der Waals surface area contributed by atoms with E-state index in [1.807, 2.05) is 30.3 Å². The van der Waals surface area contributed by atoms with E-state index in [1.165, 1.54) is 9.80 Å². The van der Waals surface area contributed by atoms with Gasteiger partial charge in [-0.15, -0.1) is 0 Å². The average molecular weight is 276 g/mol. The van der Waals surface area contributed by atoms with Crippen molar-refractivity contribution in [2.45, 2.75) is 32.7 Å². The van der Waals surface area contributed by atoms with Crippen molar-refractivity contribution in [1.82, 2.24) is 4.90 Å². The smallest absolute Gasteiger partial charge is 0.329 e. The van der Waals surface area contributed by atoms with E-state index in [4.69, 9.17) is 4.74 Å². The number of rotatable bonds is 4. The normalized spacial score (nSPS) is 16.4. The molecule has 1 aliphatic heterocycles. The molecule has 1 heterocycles. The maximum atomic E-state index is 12.6. The molecule has 0 saturated carbocycles. The molecule has 2 amide bonds. The summed E-state index contributed by atoms with van der Waals surface area (Å²) in [4.78, 5) is 27.7. The quantitative estimate of drug-likeness (QED) is 0.849. The van der Waals surface area contributed by atoms with E-state index in [-0.39, 0.29) is 25.3 Å². The number of hydrogen-bond donors (Lipinski definition) is 0. The van der Waals surface area contributed by atoms with Crippen LogP contribution in [0.25, 0.3) is 0 Å². The van der Waals surface area contributed by atoms with Crippen LogP contribution in [0.4, 0.5) is 10.5 Å². The second-order valence-corrected chi connectivity index (χ2v) is 5.27. The molecule has 0 bridgehead atoms. The summed E-state index contributed by atoms with van der Waals surface area (Å²) in [5, 5.41) is 0. The van der Waals surface area contributed by atoms with Crippen molar-refractivity contribution in [3.05, 3.63) is 30.3 Å². The van der Waals surface area contributed by atoms with Crippen molar-refractivity contribution >= 4 is 17.5 Å². The number of nitrogens with zero attached hydrogens (tertiary/aromatic N) is 2. The Balaban J connectivity index is 2.26. The lowest BCUT2D eigenvalue weighted by atomic mass is 9.95. The van der Waals surface area contributed by atoms with Crippen LogP contribution in [0.15, 0.2) is 30.3 Å². The van der Waals surface area contributed by atoms with Crippen LogP contribution in [0.2, 0.25) is 0 Å². The van der Waals surface area contributed by atoms with Crippen LogP contribution in [0.5, 0.6) is 0 Å². The predicted molar refractivity (Wildman–Crippen MR) is 76.4 cm³/mol. The molecule has 0 N–H and O–H groups in total. The fourth-order valence-corrected chi connectivity index (χ4v) is 2.26. The number of Topliss-reactive ketones (excluding diaryl/α,β-unsaturated/α-hetero) is 1. The summed E-state index contributed by atoms with van der Waals surface area (Å²) in [6.07, 6.45) is 0.391. The van der Waals surface area contributed by atoms with Gasteiger partial charge >= 0.3 is 6.03 Å². The zero-order chi connectivity index (χ0) is 14.8. The Labute approximate surface area is 119 Å². The number of carbonyl (C=O) groups excluding carboxylic acids is 2. The second-order valence-electron chi connectivity index (χ2n) is 5.27. The fraction of sp³-hybridized carbons (Fsp3) is 0.467. The summed E-state index contributed by atoms with van der Waals surface area (Å²) in [5.41, 5.74) is -0.0961. The Kier molecular flexibility index (Phi) is 4.09. The monoisotopic (exact) mass is 276 g/mol. The molecule has 0 spiro atoms. The SMILES string of the molecule is CCC(=O)C(C)(C)N1COCN(c2ccccc2)C1=O. The molecule has 1 aliphatic rings. The molecule has 0 aliphatic carbocycles. The highest BCUT2D eigenvalue weighted by Crippen LogP contribution is 2.25. The molecule has 0 unspecified atom stereocenters. The number of carbonyl (C=O) groups is 2. The molecule has 1 aromatic carbocycles. The lowest BCUT2D eigenvalue weighted by Crippen LogP contribution is -2.61. The van der Waals surface area contributed by atoms with Crippen LogP contribution in [0.3, 0.4) is 0 Å². The summed E-state index contributed by atoms with van der Waals surface area (Å²) in [6, 6.07) is 9.11. The Morgan fingerprint density at radius 2 is 1.90 bits per heavy atom. The number of ether oxygens (including phenoxy) is 1. The second kappa shape index (κ2) is 5.63. The first-order valence-corrected chi connectivity index (χ1v) is 6.73. The average Bonchev–Trinajstić information content (AvgIpc) is 2.47. The van der Waals surface area contributed by atoms with E-state index >= 15 is 0 Å². The predicted octanol–water partition coefficient (Wildman–Crippen LogP) is 2.62. The molecule has 1 fully saturated rings. The van der Waals surface area contributed by atoms with Crippen molar-refractivity contribution in [3.63, 3.8) is 0 Å². The van der Waals surface area contributed by atoms with Crippen LogP contribution in [0, 0.1) is 0 Å². The van der Waals surface area contributed by atoms with Gasteiger partial charge in [0.1, 0.15) is 13.5 Å². The summed E-state index contributed by atoms with van der Waals surface area (Å²) >= 11 is 0. The Bertz CT molecular complexity index is 499. The van der Waals surface area contributed by atoms with Gasteiger partial charge in [0.05, 0.1) is 5.54 Å². The third-order valence-corrected chi connectivity index (χ3v) is 3.65. The van der Waals surface area contributed by atoms with Gasteiger partial charge in [-0.05, 0) is 26.0 Å². The first-order chi connectivity index (χ1) is 9.48. The first-order valence-electron chi connectivity index (χ1n) is 6.73. The van der Waals surface area contributed by atoms with E-state index in [0.717, 1.165) is 5.69 Å². The number of para-hydroxylation sites is 1. The molecule has 1 saturated heterocycles. The van der Waals surface area contributed by atoms with Crippen LogP contribution >= 0.6 is 0 Å². The van der Waals surface area contributed by atoms with Gasteiger partial charge < -0.3 is 4.74 Å². The van der Waals surface area contributed by atoms with Crippen LogP contribution in [0.1, 0.15) is 27.2 Å². The molecule has 5 nitrogen and oxygen atoms in total. The topological polar surface area (TPSA) is 49.9 Å². The largest absolute Gasteiger partial charge is 0.340 e. The van der Waals surface area contributed by atoms with Gasteiger partial charge in [0.15, 0.2) is 5.78 Å². The van der Waals surface area contributed by atoms with Crippen molar-refractivity contribution in [2.75, 3.05) is 18.4 Å². The molecule has 108 valence electrons. The number of ketones is 1. The molecule has 1 aromatic rings. The Hall–Kier alpha value is -1.88. The van der Waals surface area contributed by atoms with Crippen LogP contribution < -0.4 is 4.90 Å². The third kappa shape index (κ3) is 2.54. The van der Waals surface area contributed by atoms with E-state index in [1.54, 1.807) is 20.8 Å². The Morgan fingerprint density at radius 1 is 1.25 bits per heavy atom. The maximum Gasteiger partial charge on any atom is 0.329 e. The molecule has 20 heavy (non-hydrogen) atoms. The van der Waals surface area contributed by atoms with Gasteiger partial charge in [0.25, 0.3) is 0 Å². The molecule has 0 radical (unpaired) electrons. The van der Waals surface area contributed by atoms with Gasteiger partial charge in [-0.25, -0.2) is 4.79 Å². The molecule has 0 aromatic heterocycles. The highest BCUT2D eigenvalue weighted by molar-refractivity contribution is 5.97. The first kappa shape index (κ1) is 14.5. The maximum absolute atomic E-state index is 12.6. The number of urea groups is 1. The van der Waals surface area contributed by atoms with Crippen LogP contribution in [-0.2, 0) is 9.53 Å². The number of hydrogen-bond acceptors (Lipinski definition) is 3. The lowest BCUT2D eigenvalue weighted by Gasteiger charge is -2.43. The van der Waals surface area contributed by atoms with E-state index in [2.05, 4.69) is 0 Å². The van der Waals surface area contributed by atoms with Gasteiger partial charge in [-0.1, -0.05) is 25.1 Å². The summed E-state index contributed by atoms with van der Waals surface area (Å²) < 4.78 is 5.48. The molecule has 2 rings (SSSR count). The highest BCUT2D eigenvalue weighted by Gasteiger charge is 2.41. The number of benzene rings is 1. The van der Waals surface area contributed by atoms with Crippen molar-refractivity contribution in [2.24, 2.45) is 0 Å². The summed E-state index contributed by atoms with van der Waals surface area (Å²) in [7, 11) is 0. The summed E-state index contributed by atoms with van der Waals surface area (Å²) in [5.74, 6) is 0.0179. The fourth-order valence-electron chi connectivity index (χ4n) is 2.26. The van der Waals surface area contributed by atoms with Crippen molar-refractivity contribution in [1.29, 1.82) is 0 Å². The van der Waals surface area contributed by atoms with Crippen molar-refractivity contribution in [3.8, 4) is 0 Å². The van der Waals surface area contributed by atoms with Gasteiger partial charge in [-0.3, -0.25) is 14.6 Å². The van der Waals surface area contributed by atoms with E-state index in [0.29, 0.717) is 6.42 Å². The number of anilines is 1. The molecule has 0 atom stereocenters. The van der Waals surface area contributed by atoms with E-state index < -0.39 is 5.54 Å². The van der Waals surface area contributed by atoms with E-state index in [9.17, 15) is 9.59 Å². The third-order valence-electron chi connectivity index (χ3n) is 3.65. The van der Waals surface area contributed by atoms with Gasteiger partial charge in [0, 0.05) is 12.1 Å². The lowest BCUT2D eigenvalue weighted by molar-refractivity contribution is -0.131. The zero-order valence-corrected chi connectivity index (χ0v) is 12.1. The minimum absolute atomic E-state index is 0.0179. The molecule has 5 heteroatoms. The zero-order valence-electron chi connectivity index (χ0n) is 12.1. The van der Waals surface area contributed by atoms with Crippen molar-refractivity contribution < 1.29 is 14.3 Å². The highest BCUT2D eigenvalue weighted by atomic mass is 16.5.